The molecule has 2 atom stereocenters. The minimum atomic E-state index is 0.0156. The molecule has 2 aromatic rings. The van der Waals surface area contributed by atoms with E-state index in [9.17, 15) is 0 Å². The van der Waals surface area contributed by atoms with Crippen LogP contribution >= 0.6 is 11.3 Å². The summed E-state index contributed by atoms with van der Waals surface area (Å²) in [7, 11) is 1.66. The van der Waals surface area contributed by atoms with Gasteiger partial charge in [-0.3, -0.25) is 0 Å². The second-order valence-electron chi connectivity index (χ2n) is 5.01. The zero-order valence-electron chi connectivity index (χ0n) is 11.8. The molecule has 0 saturated carbocycles. The number of hydrogen-bond acceptors (Lipinski definition) is 4. The highest BCUT2D eigenvalue weighted by molar-refractivity contribution is 7.12. The topological polar surface area (TPSA) is 44.5 Å². The van der Waals surface area contributed by atoms with E-state index in [0.29, 0.717) is 0 Å². The summed E-state index contributed by atoms with van der Waals surface area (Å²) in [5.74, 6) is 1.65. The maximum atomic E-state index is 6.29. The molecule has 0 fully saturated rings. The van der Waals surface area contributed by atoms with Crippen molar-refractivity contribution in [3.8, 4) is 11.5 Å². The Kier molecular flexibility index (Phi) is 3.68. The second kappa shape index (κ2) is 5.46. The molecule has 1 aromatic heterocycles. The fourth-order valence-corrected chi connectivity index (χ4v) is 3.54. The lowest BCUT2D eigenvalue weighted by molar-refractivity contribution is 0.164. The Labute approximate surface area is 123 Å². The van der Waals surface area contributed by atoms with Crippen molar-refractivity contribution in [2.45, 2.75) is 31.9 Å². The average Bonchev–Trinajstić information content (AvgIpc) is 2.95. The van der Waals surface area contributed by atoms with E-state index in [2.05, 4.69) is 19.1 Å². The van der Waals surface area contributed by atoms with E-state index in [1.807, 2.05) is 29.5 Å². The Hall–Kier alpha value is -1.52. The Bertz CT molecular complexity index is 608. The van der Waals surface area contributed by atoms with E-state index in [-0.39, 0.29) is 12.1 Å². The van der Waals surface area contributed by atoms with Crippen LogP contribution in [0.15, 0.2) is 30.3 Å². The molecule has 106 valence electrons. The molecule has 1 aliphatic heterocycles. The van der Waals surface area contributed by atoms with Crippen molar-refractivity contribution in [2.24, 2.45) is 5.73 Å². The number of hydrogen-bond donors (Lipinski definition) is 1. The van der Waals surface area contributed by atoms with Crippen LogP contribution < -0.4 is 15.2 Å². The molecule has 0 radical (unpaired) electrons. The molecule has 0 aliphatic carbocycles. The first-order chi connectivity index (χ1) is 9.71. The quantitative estimate of drug-likeness (QED) is 0.933. The molecular weight excluding hydrogens is 270 g/mol. The van der Waals surface area contributed by atoms with Crippen molar-refractivity contribution in [2.75, 3.05) is 7.11 Å². The van der Waals surface area contributed by atoms with Gasteiger partial charge in [-0.25, -0.2) is 0 Å². The molecule has 4 heteroatoms. The molecule has 0 saturated heterocycles. The molecule has 3 rings (SSSR count). The molecular formula is C16H19NO2S. The van der Waals surface area contributed by atoms with Crippen LogP contribution in [0.1, 0.15) is 40.8 Å². The number of rotatable bonds is 3. The van der Waals surface area contributed by atoms with Crippen LogP contribution in [0.4, 0.5) is 0 Å². The van der Waals surface area contributed by atoms with E-state index in [1.165, 1.54) is 9.75 Å². The van der Waals surface area contributed by atoms with Crippen LogP contribution in [0.5, 0.6) is 11.5 Å². The van der Waals surface area contributed by atoms with Crippen molar-refractivity contribution in [3.63, 3.8) is 0 Å². The van der Waals surface area contributed by atoms with Gasteiger partial charge >= 0.3 is 0 Å². The van der Waals surface area contributed by atoms with E-state index in [4.69, 9.17) is 15.2 Å². The van der Waals surface area contributed by atoms with Gasteiger partial charge in [0.1, 0.15) is 17.6 Å². The molecule has 20 heavy (non-hydrogen) atoms. The largest absolute Gasteiger partial charge is 0.497 e. The summed E-state index contributed by atoms with van der Waals surface area (Å²) in [4.78, 5) is 2.64. The van der Waals surface area contributed by atoms with Crippen LogP contribution in [0.25, 0.3) is 0 Å². The summed E-state index contributed by atoms with van der Waals surface area (Å²) >= 11 is 1.81. The summed E-state index contributed by atoms with van der Waals surface area (Å²) in [6.07, 6.45) is 1.94. The van der Waals surface area contributed by atoms with Crippen molar-refractivity contribution >= 4 is 11.3 Å². The Balaban J connectivity index is 1.90. The predicted octanol–water partition coefficient (Wildman–Crippen LogP) is 3.84. The summed E-state index contributed by atoms with van der Waals surface area (Å²) in [5.41, 5.74) is 7.35. The molecule has 2 N–H and O–H groups in total. The number of fused-ring (bicyclic) bond motifs is 1. The van der Waals surface area contributed by atoms with Crippen molar-refractivity contribution in [1.29, 1.82) is 0 Å². The monoisotopic (exact) mass is 289 g/mol. The number of ether oxygens (including phenoxy) is 2. The van der Waals surface area contributed by atoms with Gasteiger partial charge in [0.2, 0.25) is 0 Å². The van der Waals surface area contributed by atoms with Crippen LogP contribution in [0.3, 0.4) is 0 Å². The third-order valence-corrected chi connectivity index (χ3v) is 5.03. The third-order valence-electron chi connectivity index (χ3n) is 3.71. The number of nitrogens with two attached hydrogens (primary N) is 1. The van der Waals surface area contributed by atoms with E-state index in [0.717, 1.165) is 29.9 Å². The SMILES string of the molecule is CCc1ccc(C2C[C@H](N)c3ccc(OC)cc3O2)s1. The Morgan fingerprint density at radius 1 is 1.35 bits per heavy atom. The predicted molar refractivity (Wildman–Crippen MR) is 81.6 cm³/mol. The van der Waals surface area contributed by atoms with Gasteiger partial charge < -0.3 is 15.2 Å². The van der Waals surface area contributed by atoms with Crippen LogP contribution in [-0.4, -0.2) is 7.11 Å². The number of benzene rings is 1. The lowest BCUT2D eigenvalue weighted by Crippen LogP contribution is -2.23. The maximum absolute atomic E-state index is 6.29. The highest BCUT2D eigenvalue weighted by atomic mass is 32.1. The summed E-state index contributed by atoms with van der Waals surface area (Å²) in [6.45, 7) is 2.17. The number of aryl methyl sites for hydroxylation is 1. The lowest BCUT2D eigenvalue weighted by Gasteiger charge is -2.30. The first-order valence-electron chi connectivity index (χ1n) is 6.90. The minimum Gasteiger partial charge on any atom is -0.497 e. The normalized spacial score (nSPS) is 21.1. The maximum Gasteiger partial charge on any atom is 0.135 e. The summed E-state index contributed by atoms with van der Waals surface area (Å²) in [5, 5.41) is 0. The fraction of sp³-hybridized carbons (Fsp3) is 0.375. The van der Waals surface area contributed by atoms with E-state index >= 15 is 0 Å². The molecule has 0 bridgehead atoms. The fourth-order valence-electron chi connectivity index (χ4n) is 2.54. The average molecular weight is 289 g/mol. The summed E-state index contributed by atoms with van der Waals surface area (Å²) < 4.78 is 11.4. The lowest BCUT2D eigenvalue weighted by atomic mass is 9.96. The van der Waals surface area contributed by atoms with E-state index < -0.39 is 0 Å². The van der Waals surface area contributed by atoms with Crippen molar-refractivity contribution in [3.05, 3.63) is 45.6 Å². The van der Waals surface area contributed by atoms with Crippen LogP contribution in [0.2, 0.25) is 0 Å². The first kappa shape index (κ1) is 13.5. The van der Waals surface area contributed by atoms with Gasteiger partial charge in [-0.1, -0.05) is 13.0 Å². The molecule has 1 unspecified atom stereocenters. The van der Waals surface area contributed by atoms with Gasteiger partial charge in [-0.05, 0) is 24.6 Å². The molecule has 1 aromatic carbocycles. The molecule has 0 amide bonds. The third kappa shape index (κ3) is 2.41. The molecule has 0 spiro atoms. The smallest absolute Gasteiger partial charge is 0.135 e. The summed E-state index contributed by atoms with van der Waals surface area (Å²) in [6, 6.07) is 10.2. The van der Waals surface area contributed by atoms with Gasteiger partial charge in [0.25, 0.3) is 0 Å². The van der Waals surface area contributed by atoms with Gasteiger partial charge in [-0.2, -0.15) is 0 Å². The zero-order valence-corrected chi connectivity index (χ0v) is 12.6. The first-order valence-corrected chi connectivity index (χ1v) is 7.71. The highest BCUT2D eigenvalue weighted by Crippen LogP contribution is 2.42. The van der Waals surface area contributed by atoms with Gasteiger partial charge in [0.05, 0.1) is 7.11 Å². The Morgan fingerprint density at radius 3 is 2.90 bits per heavy atom. The van der Waals surface area contributed by atoms with Crippen molar-refractivity contribution < 1.29 is 9.47 Å². The zero-order chi connectivity index (χ0) is 14.1. The molecule has 3 nitrogen and oxygen atoms in total. The number of methoxy groups -OCH3 is 1. The van der Waals surface area contributed by atoms with Gasteiger partial charge in [0, 0.05) is 33.8 Å². The van der Waals surface area contributed by atoms with Crippen LogP contribution in [0, 0.1) is 0 Å². The van der Waals surface area contributed by atoms with Gasteiger partial charge in [-0.15, -0.1) is 11.3 Å². The van der Waals surface area contributed by atoms with Crippen LogP contribution in [-0.2, 0) is 6.42 Å². The van der Waals surface area contributed by atoms with Crippen molar-refractivity contribution in [1.82, 2.24) is 0 Å². The van der Waals surface area contributed by atoms with E-state index in [1.54, 1.807) is 7.11 Å². The standard InChI is InChI=1S/C16H19NO2S/c1-3-11-5-7-16(20-11)15-9-13(17)12-6-4-10(18-2)8-14(12)19-15/h4-8,13,15H,3,9,17H2,1-2H3/t13-,15?/m0/s1. The second-order valence-corrected chi connectivity index (χ2v) is 6.21. The highest BCUT2D eigenvalue weighted by Gasteiger charge is 2.28. The Morgan fingerprint density at radius 2 is 2.20 bits per heavy atom. The number of thiophene rings is 1. The molecule has 1 aliphatic rings. The minimum absolute atomic E-state index is 0.0156. The molecule has 2 heterocycles. The van der Waals surface area contributed by atoms with Gasteiger partial charge in [0.15, 0.2) is 0 Å².